The molecule has 1 aromatic carbocycles. The Labute approximate surface area is 149 Å². The highest BCUT2D eigenvalue weighted by Gasteiger charge is 2.40. The van der Waals surface area contributed by atoms with Gasteiger partial charge in [0.25, 0.3) is 5.91 Å². The van der Waals surface area contributed by atoms with Crippen molar-refractivity contribution in [2.45, 2.75) is 37.9 Å². The molecule has 2 aliphatic heterocycles. The van der Waals surface area contributed by atoms with Gasteiger partial charge in [-0.15, -0.1) is 0 Å². The molecule has 2 bridgehead atoms. The Balaban J connectivity index is 1.74. The van der Waals surface area contributed by atoms with E-state index in [1.54, 1.807) is 6.92 Å². The maximum absolute atomic E-state index is 12.5. The van der Waals surface area contributed by atoms with Crippen LogP contribution in [0.2, 0.25) is 10.0 Å². The van der Waals surface area contributed by atoms with Crippen molar-refractivity contribution in [2.75, 3.05) is 13.2 Å². The molecule has 2 N–H and O–H groups in total. The number of benzene rings is 1. The van der Waals surface area contributed by atoms with Crippen LogP contribution in [0.5, 0.6) is 5.75 Å². The first kappa shape index (κ1) is 17.3. The standard InChI is InChI=1S/C16H18Cl2N2O4/c1-8(21)20-11-4-10(5-12(20)7-24-6-11)19-16(23)13-2-9(17)3-14(18)15(13)22/h2-3,10-12,22H,4-7H2,1H3,(H,19,23). The van der Waals surface area contributed by atoms with Gasteiger partial charge in [0.15, 0.2) is 0 Å². The summed E-state index contributed by atoms with van der Waals surface area (Å²) in [6.45, 7) is 2.49. The van der Waals surface area contributed by atoms with E-state index in [0.29, 0.717) is 26.1 Å². The molecule has 2 heterocycles. The summed E-state index contributed by atoms with van der Waals surface area (Å²) in [5, 5.41) is 13.2. The molecule has 1 aromatic rings. The summed E-state index contributed by atoms with van der Waals surface area (Å²) in [6, 6.07) is 2.56. The number of piperidine rings is 1. The number of hydrogen-bond acceptors (Lipinski definition) is 4. The van der Waals surface area contributed by atoms with Crippen LogP contribution >= 0.6 is 23.2 Å². The van der Waals surface area contributed by atoms with Crippen molar-refractivity contribution in [1.29, 1.82) is 0 Å². The van der Waals surface area contributed by atoms with E-state index < -0.39 is 5.91 Å². The topological polar surface area (TPSA) is 78.9 Å². The summed E-state index contributed by atoms with van der Waals surface area (Å²) in [4.78, 5) is 26.1. The molecule has 0 spiro atoms. The number of morpholine rings is 1. The fraction of sp³-hybridized carbons (Fsp3) is 0.500. The van der Waals surface area contributed by atoms with Crippen LogP contribution < -0.4 is 5.32 Å². The molecule has 0 aliphatic carbocycles. The monoisotopic (exact) mass is 372 g/mol. The van der Waals surface area contributed by atoms with E-state index in [1.807, 2.05) is 4.90 Å². The Kier molecular flexibility index (Phi) is 4.90. The molecule has 2 unspecified atom stereocenters. The van der Waals surface area contributed by atoms with Gasteiger partial charge in [0.05, 0.1) is 35.9 Å². The third-order valence-electron chi connectivity index (χ3n) is 4.49. The first-order chi connectivity index (χ1) is 11.4. The van der Waals surface area contributed by atoms with E-state index in [9.17, 15) is 14.7 Å². The molecule has 2 fully saturated rings. The molecule has 2 atom stereocenters. The number of nitrogens with zero attached hydrogens (tertiary/aromatic N) is 1. The van der Waals surface area contributed by atoms with E-state index in [1.165, 1.54) is 12.1 Å². The molecule has 130 valence electrons. The number of amides is 2. The number of ether oxygens (including phenoxy) is 1. The van der Waals surface area contributed by atoms with Crippen LogP contribution in [0.4, 0.5) is 0 Å². The molecular weight excluding hydrogens is 355 g/mol. The van der Waals surface area contributed by atoms with Crippen LogP contribution in [0.3, 0.4) is 0 Å². The molecule has 8 heteroatoms. The second kappa shape index (κ2) is 6.78. The van der Waals surface area contributed by atoms with Crippen molar-refractivity contribution in [1.82, 2.24) is 10.2 Å². The summed E-state index contributed by atoms with van der Waals surface area (Å²) in [7, 11) is 0. The quantitative estimate of drug-likeness (QED) is 0.833. The highest BCUT2D eigenvalue weighted by Crippen LogP contribution is 2.32. The largest absolute Gasteiger partial charge is 0.506 e. The van der Waals surface area contributed by atoms with Crippen LogP contribution in [-0.4, -0.2) is 53.2 Å². The van der Waals surface area contributed by atoms with Gasteiger partial charge in [-0.2, -0.15) is 0 Å². The highest BCUT2D eigenvalue weighted by atomic mass is 35.5. The molecule has 0 radical (unpaired) electrons. The Hall–Kier alpha value is -1.50. The first-order valence-electron chi connectivity index (χ1n) is 7.72. The zero-order valence-corrected chi connectivity index (χ0v) is 14.6. The molecule has 0 saturated carbocycles. The van der Waals surface area contributed by atoms with E-state index in [-0.39, 0.29) is 45.4 Å². The smallest absolute Gasteiger partial charge is 0.255 e. The summed E-state index contributed by atoms with van der Waals surface area (Å²) >= 11 is 11.8. The number of rotatable bonds is 2. The number of carbonyl (C=O) groups is 2. The molecule has 2 aliphatic rings. The Morgan fingerprint density at radius 2 is 1.88 bits per heavy atom. The van der Waals surface area contributed by atoms with Crippen LogP contribution in [0.15, 0.2) is 12.1 Å². The lowest BCUT2D eigenvalue weighted by atomic mass is 9.89. The van der Waals surface area contributed by atoms with Crippen molar-refractivity contribution < 1.29 is 19.4 Å². The minimum atomic E-state index is -0.433. The van der Waals surface area contributed by atoms with Crippen molar-refractivity contribution in [3.05, 3.63) is 27.7 Å². The van der Waals surface area contributed by atoms with Gasteiger partial charge in [-0.3, -0.25) is 9.59 Å². The van der Waals surface area contributed by atoms with Gasteiger partial charge in [-0.25, -0.2) is 0 Å². The number of fused-ring (bicyclic) bond motifs is 2. The lowest BCUT2D eigenvalue weighted by Crippen LogP contribution is -2.62. The fourth-order valence-electron chi connectivity index (χ4n) is 3.55. The lowest BCUT2D eigenvalue weighted by molar-refractivity contribution is -0.149. The van der Waals surface area contributed by atoms with Crippen LogP contribution in [0.25, 0.3) is 0 Å². The number of aromatic hydroxyl groups is 1. The predicted octanol–water partition coefficient (Wildman–Crippen LogP) is 2.21. The van der Waals surface area contributed by atoms with Gasteiger partial charge in [-0.1, -0.05) is 23.2 Å². The Bertz CT molecular complexity index is 668. The summed E-state index contributed by atoms with van der Waals surface area (Å²) in [6.07, 6.45) is 1.22. The van der Waals surface area contributed by atoms with Crippen LogP contribution in [0.1, 0.15) is 30.1 Å². The summed E-state index contributed by atoms with van der Waals surface area (Å²) in [5.41, 5.74) is 0.0444. The number of phenols is 1. The summed E-state index contributed by atoms with van der Waals surface area (Å²) in [5.74, 6) is -0.697. The van der Waals surface area contributed by atoms with Crippen molar-refractivity contribution in [3.63, 3.8) is 0 Å². The SMILES string of the molecule is CC(=O)N1C2COCC1CC(NC(=O)c1cc(Cl)cc(Cl)c1O)C2. The zero-order valence-electron chi connectivity index (χ0n) is 13.1. The first-order valence-corrected chi connectivity index (χ1v) is 8.48. The maximum Gasteiger partial charge on any atom is 0.255 e. The molecule has 0 aromatic heterocycles. The van der Waals surface area contributed by atoms with E-state index in [2.05, 4.69) is 5.32 Å². The Morgan fingerprint density at radius 3 is 2.46 bits per heavy atom. The second-order valence-corrected chi connectivity index (χ2v) is 7.04. The van der Waals surface area contributed by atoms with Crippen LogP contribution in [0, 0.1) is 0 Å². The number of nitrogens with one attached hydrogen (secondary N) is 1. The molecular formula is C16H18Cl2N2O4. The van der Waals surface area contributed by atoms with E-state index >= 15 is 0 Å². The number of halogens is 2. The maximum atomic E-state index is 12.5. The predicted molar refractivity (Wildman–Crippen MR) is 89.5 cm³/mol. The second-order valence-electron chi connectivity index (χ2n) is 6.20. The third-order valence-corrected chi connectivity index (χ3v) is 5.00. The highest BCUT2D eigenvalue weighted by molar-refractivity contribution is 6.36. The summed E-state index contributed by atoms with van der Waals surface area (Å²) < 4.78 is 5.52. The van der Waals surface area contributed by atoms with Gasteiger partial charge in [0.1, 0.15) is 5.75 Å². The van der Waals surface area contributed by atoms with Crippen molar-refractivity contribution in [2.24, 2.45) is 0 Å². The van der Waals surface area contributed by atoms with Crippen molar-refractivity contribution >= 4 is 35.0 Å². The third kappa shape index (κ3) is 3.31. The fourth-order valence-corrected chi connectivity index (χ4v) is 4.04. The molecule has 3 rings (SSSR count). The number of carbonyl (C=O) groups excluding carboxylic acids is 2. The minimum Gasteiger partial charge on any atom is -0.506 e. The zero-order chi connectivity index (χ0) is 17.4. The van der Waals surface area contributed by atoms with E-state index in [0.717, 1.165) is 0 Å². The number of hydrogen-bond donors (Lipinski definition) is 2. The van der Waals surface area contributed by atoms with Gasteiger partial charge in [0, 0.05) is 18.0 Å². The molecule has 2 saturated heterocycles. The van der Waals surface area contributed by atoms with Gasteiger partial charge in [0.2, 0.25) is 5.91 Å². The van der Waals surface area contributed by atoms with E-state index in [4.69, 9.17) is 27.9 Å². The molecule has 24 heavy (non-hydrogen) atoms. The minimum absolute atomic E-state index is 0.0253. The van der Waals surface area contributed by atoms with Crippen molar-refractivity contribution in [3.8, 4) is 5.75 Å². The average Bonchev–Trinajstić information content (AvgIpc) is 2.49. The molecule has 2 amide bonds. The number of phenolic OH excluding ortho intramolecular Hbond substituents is 1. The van der Waals surface area contributed by atoms with Gasteiger partial charge < -0.3 is 20.1 Å². The normalized spacial score (nSPS) is 26.1. The lowest BCUT2D eigenvalue weighted by Gasteiger charge is -2.48. The van der Waals surface area contributed by atoms with Gasteiger partial charge >= 0.3 is 0 Å². The van der Waals surface area contributed by atoms with Gasteiger partial charge in [-0.05, 0) is 25.0 Å². The Morgan fingerprint density at radius 1 is 1.25 bits per heavy atom. The molecule has 6 nitrogen and oxygen atoms in total. The van der Waals surface area contributed by atoms with Crippen LogP contribution in [-0.2, 0) is 9.53 Å². The average molecular weight is 373 g/mol.